The number of carbonyl (C=O) groups is 1. The molecular weight excluding hydrogens is 646 g/mol. The van der Waals surface area contributed by atoms with Crippen LogP contribution in [0.25, 0.3) is 66.4 Å². The van der Waals surface area contributed by atoms with E-state index in [9.17, 15) is 13.6 Å². The van der Waals surface area contributed by atoms with E-state index in [0.29, 0.717) is 45.7 Å². The lowest BCUT2D eigenvalue weighted by molar-refractivity contribution is -0.144. The summed E-state index contributed by atoms with van der Waals surface area (Å²) in [6.45, 7) is 2.12. The first-order valence-electron chi connectivity index (χ1n) is 15.4. The molecule has 0 saturated carbocycles. The molecule has 4 aromatic heterocycles. The summed E-state index contributed by atoms with van der Waals surface area (Å²) in [6, 6.07) is 16.8. The molecule has 0 fully saturated rings. The molecule has 0 saturated heterocycles. The largest absolute Gasteiger partial charge is 0.494 e. The number of hydrogen-bond acceptors (Lipinski definition) is 10. The van der Waals surface area contributed by atoms with E-state index in [0.717, 1.165) is 27.3 Å². The van der Waals surface area contributed by atoms with E-state index in [-0.39, 0.29) is 24.0 Å². The first-order chi connectivity index (χ1) is 24.3. The van der Waals surface area contributed by atoms with Crippen molar-refractivity contribution in [2.45, 2.75) is 13.5 Å². The molecule has 50 heavy (non-hydrogen) atoms. The molecule has 8 aromatic rings. The fraction of sp³-hybridized carbons (Fsp3) is 0.139. The Morgan fingerprint density at radius 1 is 0.740 bits per heavy atom. The number of carbonyl (C=O) groups excluding carboxylic acids is 1. The summed E-state index contributed by atoms with van der Waals surface area (Å²) in [6.07, 6.45) is 6.72. The Bertz CT molecular complexity index is 2530. The van der Waals surface area contributed by atoms with Crippen molar-refractivity contribution < 1.29 is 27.8 Å². The maximum Gasteiger partial charge on any atom is 0.327 e. The normalized spacial score (nSPS) is 11.1. The lowest BCUT2D eigenvalue weighted by atomic mass is 10.1. The van der Waals surface area contributed by atoms with Crippen LogP contribution in [0.1, 0.15) is 6.92 Å². The van der Waals surface area contributed by atoms with E-state index in [2.05, 4.69) is 35.2 Å². The Hall–Kier alpha value is -6.57. The average Bonchev–Trinajstić information content (AvgIpc) is 3.74. The van der Waals surface area contributed by atoms with Gasteiger partial charge in [-0.25, -0.2) is 18.7 Å². The second-order valence-electron chi connectivity index (χ2n) is 11.0. The van der Waals surface area contributed by atoms with Gasteiger partial charge in [0.15, 0.2) is 23.1 Å². The van der Waals surface area contributed by atoms with Crippen molar-refractivity contribution >= 4 is 49.8 Å². The minimum atomic E-state index is -0.463. The molecule has 4 aromatic carbocycles. The summed E-state index contributed by atoms with van der Waals surface area (Å²) in [5, 5.41) is 13.1. The second-order valence-corrected chi connectivity index (χ2v) is 11.0. The van der Waals surface area contributed by atoms with Crippen molar-refractivity contribution in [3.05, 3.63) is 97.1 Å². The zero-order valence-electron chi connectivity index (χ0n) is 27.0. The van der Waals surface area contributed by atoms with Gasteiger partial charge in [-0.3, -0.25) is 24.5 Å². The number of benzene rings is 4. The molecule has 0 bridgehead atoms. The standard InChI is InChI=1S/C20H17FN4O3.C16H11FN4O/c1-3-28-20(26)11-25-10-13-7-16-17(8-15(13)24-25)23-18(9-22-16)12-4-5-19(27-2)14(21)6-12;1-22-16-3-2-9(4-11(16)17)15-8-18-13-6-12-10(7-19-21-12)5-14(13)20-15/h4-10H,3,11H2,1-2H3;2-8H,1H3,(H,19,21). The summed E-state index contributed by atoms with van der Waals surface area (Å²) in [4.78, 5) is 29.6. The van der Waals surface area contributed by atoms with Crippen LogP contribution in [0.4, 0.5) is 8.78 Å². The topological polar surface area (TPSA) is 143 Å². The van der Waals surface area contributed by atoms with Crippen LogP contribution in [0.15, 0.2) is 85.5 Å². The maximum absolute atomic E-state index is 14.0. The van der Waals surface area contributed by atoms with Gasteiger partial charge >= 0.3 is 5.97 Å². The molecule has 0 aliphatic rings. The van der Waals surface area contributed by atoms with Crippen molar-refractivity contribution in [1.29, 1.82) is 0 Å². The molecule has 8 rings (SSSR count). The molecule has 4 heterocycles. The Morgan fingerprint density at radius 3 is 1.94 bits per heavy atom. The van der Waals surface area contributed by atoms with Crippen LogP contribution in [0.2, 0.25) is 0 Å². The lowest BCUT2D eigenvalue weighted by Gasteiger charge is -2.06. The Balaban J connectivity index is 0.000000161. The number of fused-ring (bicyclic) bond motifs is 4. The minimum Gasteiger partial charge on any atom is -0.494 e. The molecule has 250 valence electrons. The molecule has 0 aliphatic carbocycles. The van der Waals surface area contributed by atoms with Gasteiger partial charge in [-0.1, -0.05) is 0 Å². The quantitative estimate of drug-likeness (QED) is 0.182. The zero-order valence-corrected chi connectivity index (χ0v) is 27.0. The van der Waals surface area contributed by atoms with Gasteiger partial charge in [0.25, 0.3) is 0 Å². The van der Waals surface area contributed by atoms with Crippen molar-refractivity contribution in [1.82, 2.24) is 39.9 Å². The van der Waals surface area contributed by atoms with E-state index in [1.54, 1.807) is 62.0 Å². The minimum absolute atomic E-state index is 0.0378. The molecule has 0 spiro atoms. The summed E-state index contributed by atoms with van der Waals surface area (Å²) in [5.74, 6) is -0.855. The number of H-pyrrole nitrogens is 1. The summed E-state index contributed by atoms with van der Waals surface area (Å²) in [7, 11) is 2.85. The van der Waals surface area contributed by atoms with E-state index in [1.807, 2.05) is 18.2 Å². The lowest BCUT2D eigenvalue weighted by Crippen LogP contribution is -2.13. The Labute approximate surface area is 282 Å². The van der Waals surface area contributed by atoms with Gasteiger partial charge in [0.2, 0.25) is 0 Å². The van der Waals surface area contributed by atoms with Gasteiger partial charge in [-0.15, -0.1) is 0 Å². The molecular formula is C36H28F2N8O4. The number of rotatable bonds is 7. The monoisotopic (exact) mass is 674 g/mol. The number of methoxy groups -OCH3 is 2. The van der Waals surface area contributed by atoms with Crippen LogP contribution in [0.5, 0.6) is 11.5 Å². The van der Waals surface area contributed by atoms with Gasteiger partial charge in [0.05, 0.1) is 83.9 Å². The smallest absolute Gasteiger partial charge is 0.327 e. The average molecular weight is 675 g/mol. The van der Waals surface area contributed by atoms with E-state index >= 15 is 0 Å². The highest BCUT2D eigenvalue weighted by atomic mass is 19.1. The number of aromatic nitrogens is 8. The van der Waals surface area contributed by atoms with Crippen molar-refractivity contribution in [2.75, 3.05) is 20.8 Å². The van der Waals surface area contributed by atoms with Crippen LogP contribution in [-0.2, 0) is 16.1 Å². The van der Waals surface area contributed by atoms with Crippen LogP contribution in [-0.4, -0.2) is 66.7 Å². The highest BCUT2D eigenvalue weighted by Gasteiger charge is 2.12. The summed E-state index contributed by atoms with van der Waals surface area (Å²) in [5.41, 5.74) is 6.80. The predicted octanol–water partition coefficient (Wildman–Crippen LogP) is 6.68. The summed E-state index contributed by atoms with van der Waals surface area (Å²) >= 11 is 0. The number of esters is 1. The molecule has 14 heteroatoms. The maximum atomic E-state index is 14.0. The molecule has 1 N–H and O–H groups in total. The van der Waals surface area contributed by atoms with Gasteiger partial charge < -0.3 is 14.2 Å². The van der Waals surface area contributed by atoms with Gasteiger partial charge in [-0.05, 0) is 67.6 Å². The second kappa shape index (κ2) is 13.5. The molecule has 0 radical (unpaired) electrons. The molecule has 12 nitrogen and oxygen atoms in total. The number of hydrogen-bond donors (Lipinski definition) is 1. The van der Waals surface area contributed by atoms with Crippen LogP contribution in [0, 0.1) is 11.6 Å². The zero-order chi connectivity index (χ0) is 34.8. The highest BCUT2D eigenvalue weighted by Crippen LogP contribution is 2.28. The number of ether oxygens (including phenoxy) is 3. The number of nitrogens with one attached hydrogen (secondary N) is 1. The third-order valence-electron chi connectivity index (χ3n) is 7.81. The fourth-order valence-electron chi connectivity index (χ4n) is 5.38. The first-order valence-corrected chi connectivity index (χ1v) is 15.4. The van der Waals surface area contributed by atoms with Gasteiger partial charge in [0.1, 0.15) is 6.54 Å². The molecule has 0 aliphatic heterocycles. The van der Waals surface area contributed by atoms with Crippen LogP contribution in [0.3, 0.4) is 0 Å². The molecule has 0 atom stereocenters. The van der Waals surface area contributed by atoms with E-state index < -0.39 is 11.6 Å². The van der Waals surface area contributed by atoms with Crippen molar-refractivity contribution in [3.8, 4) is 34.0 Å². The highest BCUT2D eigenvalue weighted by molar-refractivity contribution is 5.94. The number of halogens is 2. The molecule has 0 amide bonds. The van der Waals surface area contributed by atoms with Gasteiger partial charge in [0, 0.05) is 28.1 Å². The Morgan fingerprint density at radius 2 is 1.34 bits per heavy atom. The fourth-order valence-corrected chi connectivity index (χ4v) is 5.38. The van der Waals surface area contributed by atoms with Gasteiger partial charge in [-0.2, -0.15) is 10.2 Å². The van der Waals surface area contributed by atoms with E-state index in [4.69, 9.17) is 14.2 Å². The Kier molecular flexibility index (Phi) is 8.64. The van der Waals surface area contributed by atoms with Crippen molar-refractivity contribution in [3.63, 3.8) is 0 Å². The SMILES string of the molecule is CCOC(=O)Cn1cc2cc3ncc(-c4ccc(OC)c(F)c4)nc3cc2n1.COc1ccc(-c2cnc3cc4[nH]ncc4cc3n2)cc1F. The van der Waals surface area contributed by atoms with Crippen LogP contribution < -0.4 is 9.47 Å². The van der Waals surface area contributed by atoms with Crippen molar-refractivity contribution in [2.24, 2.45) is 0 Å². The predicted molar refractivity (Wildman–Crippen MR) is 183 cm³/mol. The summed E-state index contributed by atoms with van der Waals surface area (Å²) < 4.78 is 44.2. The number of nitrogens with zero attached hydrogens (tertiary/aromatic N) is 7. The van der Waals surface area contributed by atoms with Crippen LogP contribution >= 0.6 is 0 Å². The number of aromatic amines is 1. The van der Waals surface area contributed by atoms with E-state index in [1.165, 1.54) is 31.0 Å². The first kappa shape index (κ1) is 32.0. The third-order valence-corrected chi connectivity index (χ3v) is 7.81. The third kappa shape index (κ3) is 6.45. The molecule has 0 unspecified atom stereocenters.